The Labute approximate surface area is 161 Å². The second-order valence-corrected chi connectivity index (χ2v) is 6.84. The van der Waals surface area contributed by atoms with Gasteiger partial charge in [0.25, 0.3) is 5.91 Å². The van der Waals surface area contributed by atoms with Crippen molar-refractivity contribution >= 4 is 5.91 Å². The Morgan fingerprint density at radius 1 is 1.11 bits per heavy atom. The van der Waals surface area contributed by atoms with E-state index < -0.39 is 17.6 Å². The van der Waals surface area contributed by atoms with E-state index in [2.05, 4.69) is 0 Å². The minimum atomic E-state index is -4.55. The third kappa shape index (κ3) is 4.24. The molecule has 3 rings (SSSR count). The van der Waals surface area contributed by atoms with Crippen LogP contribution in [-0.2, 0) is 12.6 Å². The van der Waals surface area contributed by atoms with Gasteiger partial charge < -0.3 is 14.4 Å². The lowest BCUT2D eigenvalue weighted by atomic mass is 9.98. The van der Waals surface area contributed by atoms with Gasteiger partial charge in [0, 0.05) is 13.1 Å². The molecule has 1 atom stereocenters. The third-order valence-electron chi connectivity index (χ3n) is 5.01. The number of methoxy groups -OCH3 is 2. The van der Waals surface area contributed by atoms with Crippen LogP contribution in [0.3, 0.4) is 0 Å². The lowest BCUT2D eigenvalue weighted by Crippen LogP contribution is -2.30. The van der Waals surface area contributed by atoms with Crippen molar-refractivity contribution in [2.45, 2.75) is 19.0 Å². The van der Waals surface area contributed by atoms with Crippen LogP contribution in [0.25, 0.3) is 0 Å². The standard InChI is InChI=1S/C21H22F3NO3/c1-27-18-8-7-14(12-19(18)28-2)11-15-9-10-25(13-15)20(26)16-5-3-4-6-17(16)21(22,23)24/h3-8,12,15H,9-11,13H2,1-2H3. The average molecular weight is 393 g/mol. The molecular formula is C21H22F3NO3. The molecule has 1 unspecified atom stereocenters. The van der Waals surface area contributed by atoms with Gasteiger partial charge in [-0.1, -0.05) is 18.2 Å². The number of carbonyl (C=O) groups is 1. The second-order valence-electron chi connectivity index (χ2n) is 6.84. The zero-order valence-corrected chi connectivity index (χ0v) is 15.8. The summed E-state index contributed by atoms with van der Waals surface area (Å²) in [4.78, 5) is 14.2. The third-order valence-corrected chi connectivity index (χ3v) is 5.01. The summed E-state index contributed by atoms with van der Waals surface area (Å²) in [6, 6.07) is 10.6. The molecule has 150 valence electrons. The van der Waals surface area contributed by atoms with E-state index in [-0.39, 0.29) is 11.5 Å². The Kier molecular flexibility index (Phi) is 5.82. The molecule has 1 amide bonds. The Morgan fingerprint density at radius 3 is 2.50 bits per heavy atom. The smallest absolute Gasteiger partial charge is 0.417 e. The van der Waals surface area contributed by atoms with Crippen molar-refractivity contribution < 1.29 is 27.4 Å². The number of benzene rings is 2. The second kappa shape index (κ2) is 8.12. The lowest BCUT2D eigenvalue weighted by molar-refractivity contribution is -0.138. The van der Waals surface area contributed by atoms with Gasteiger partial charge in [0.2, 0.25) is 0 Å². The summed E-state index contributed by atoms with van der Waals surface area (Å²) in [7, 11) is 3.13. The van der Waals surface area contributed by atoms with Crippen molar-refractivity contribution in [2.75, 3.05) is 27.3 Å². The van der Waals surface area contributed by atoms with Crippen LogP contribution in [-0.4, -0.2) is 38.1 Å². The first-order valence-corrected chi connectivity index (χ1v) is 9.00. The van der Waals surface area contributed by atoms with Crippen LogP contribution in [0.1, 0.15) is 27.9 Å². The highest BCUT2D eigenvalue weighted by molar-refractivity contribution is 5.96. The van der Waals surface area contributed by atoms with Crippen LogP contribution < -0.4 is 9.47 Å². The number of carbonyl (C=O) groups excluding carboxylic acids is 1. The zero-order chi connectivity index (χ0) is 20.3. The molecule has 1 aliphatic rings. The normalized spacial score (nSPS) is 16.9. The Balaban J connectivity index is 1.70. The van der Waals surface area contributed by atoms with Crippen molar-refractivity contribution in [1.29, 1.82) is 0 Å². The van der Waals surface area contributed by atoms with E-state index in [1.165, 1.54) is 23.1 Å². The van der Waals surface area contributed by atoms with Gasteiger partial charge in [-0.15, -0.1) is 0 Å². The Morgan fingerprint density at radius 2 is 1.82 bits per heavy atom. The predicted molar refractivity (Wildman–Crippen MR) is 98.7 cm³/mol. The Hall–Kier alpha value is -2.70. The van der Waals surface area contributed by atoms with E-state index in [0.29, 0.717) is 31.0 Å². The highest BCUT2D eigenvalue weighted by Gasteiger charge is 2.37. The first-order valence-electron chi connectivity index (χ1n) is 9.00. The molecular weight excluding hydrogens is 371 g/mol. The first kappa shape index (κ1) is 20.0. The SMILES string of the molecule is COc1ccc(CC2CCN(C(=O)c3ccccc3C(F)(F)F)C2)cc1OC. The molecule has 7 heteroatoms. The minimum Gasteiger partial charge on any atom is -0.493 e. The van der Waals surface area contributed by atoms with Gasteiger partial charge in [0.1, 0.15) is 0 Å². The number of hydrogen-bond acceptors (Lipinski definition) is 3. The van der Waals surface area contributed by atoms with Gasteiger partial charge in [-0.3, -0.25) is 4.79 Å². The van der Waals surface area contributed by atoms with Gasteiger partial charge in [0.15, 0.2) is 11.5 Å². The predicted octanol–water partition coefficient (Wildman–Crippen LogP) is 4.43. The van der Waals surface area contributed by atoms with E-state index in [0.717, 1.165) is 18.1 Å². The minimum absolute atomic E-state index is 0.181. The summed E-state index contributed by atoms with van der Waals surface area (Å²) in [6.45, 7) is 0.877. The molecule has 0 bridgehead atoms. The monoisotopic (exact) mass is 393 g/mol. The molecule has 0 aliphatic carbocycles. The van der Waals surface area contributed by atoms with Gasteiger partial charge in [-0.05, 0) is 48.6 Å². The molecule has 4 nitrogen and oxygen atoms in total. The number of amides is 1. The largest absolute Gasteiger partial charge is 0.493 e. The van der Waals surface area contributed by atoms with Gasteiger partial charge in [-0.25, -0.2) is 0 Å². The van der Waals surface area contributed by atoms with Crippen LogP contribution in [0.2, 0.25) is 0 Å². The molecule has 0 aromatic heterocycles. The lowest BCUT2D eigenvalue weighted by Gasteiger charge is -2.19. The number of likely N-dealkylation sites (tertiary alicyclic amines) is 1. The van der Waals surface area contributed by atoms with E-state index >= 15 is 0 Å². The van der Waals surface area contributed by atoms with Crippen LogP contribution in [0.4, 0.5) is 13.2 Å². The molecule has 2 aromatic carbocycles. The first-order chi connectivity index (χ1) is 13.3. The molecule has 1 fully saturated rings. The molecule has 2 aromatic rings. The van der Waals surface area contributed by atoms with E-state index in [9.17, 15) is 18.0 Å². The maximum Gasteiger partial charge on any atom is 0.417 e. The number of nitrogens with zero attached hydrogens (tertiary/aromatic N) is 1. The highest BCUT2D eigenvalue weighted by Crippen LogP contribution is 2.34. The fourth-order valence-corrected chi connectivity index (χ4v) is 3.61. The van der Waals surface area contributed by atoms with E-state index in [1.807, 2.05) is 18.2 Å². The fourth-order valence-electron chi connectivity index (χ4n) is 3.61. The van der Waals surface area contributed by atoms with Crippen molar-refractivity contribution in [3.63, 3.8) is 0 Å². The topological polar surface area (TPSA) is 38.8 Å². The molecule has 0 N–H and O–H groups in total. The summed E-state index contributed by atoms with van der Waals surface area (Å²) in [5.74, 6) is 0.881. The van der Waals surface area contributed by atoms with Crippen LogP contribution in [0.15, 0.2) is 42.5 Å². The van der Waals surface area contributed by atoms with Crippen LogP contribution >= 0.6 is 0 Å². The number of ether oxygens (including phenoxy) is 2. The summed E-state index contributed by atoms with van der Waals surface area (Å²) >= 11 is 0. The van der Waals surface area contributed by atoms with Crippen molar-refractivity contribution in [2.24, 2.45) is 5.92 Å². The van der Waals surface area contributed by atoms with Crippen molar-refractivity contribution in [3.05, 3.63) is 59.2 Å². The average Bonchev–Trinajstić information content (AvgIpc) is 3.15. The van der Waals surface area contributed by atoms with Crippen LogP contribution in [0, 0.1) is 5.92 Å². The maximum absolute atomic E-state index is 13.2. The highest BCUT2D eigenvalue weighted by atomic mass is 19.4. The number of rotatable bonds is 5. The zero-order valence-electron chi connectivity index (χ0n) is 15.8. The quantitative estimate of drug-likeness (QED) is 0.755. The van der Waals surface area contributed by atoms with E-state index in [1.54, 1.807) is 14.2 Å². The Bertz CT molecular complexity index is 851. The maximum atomic E-state index is 13.2. The van der Waals surface area contributed by atoms with E-state index in [4.69, 9.17) is 9.47 Å². The molecule has 0 saturated carbocycles. The molecule has 0 spiro atoms. The number of halogens is 3. The van der Waals surface area contributed by atoms with Crippen molar-refractivity contribution in [1.82, 2.24) is 4.90 Å². The van der Waals surface area contributed by atoms with Gasteiger partial charge in [0.05, 0.1) is 25.3 Å². The van der Waals surface area contributed by atoms with Gasteiger partial charge in [-0.2, -0.15) is 13.2 Å². The molecule has 1 heterocycles. The summed E-state index contributed by atoms with van der Waals surface area (Å²) in [5, 5.41) is 0. The fraction of sp³-hybridized carbons (Fsp3) is 0.381. The molecule has 1 aliphatic heterocycles. The van der Waals surface area contributed by atoms with Gasteiger partial charge >= 0.3 is 6.18 Å². The molecule has 28 heavy (non-hydrogen) atoms. The van der Waals surface area contributed by atoms with Crippen molar-refractivity contribution in [3.8, 4) is 11.5 Å². The molecule has 1 saturated heterocycles. The summed E-state index contributed by atoms with van der Waals surface area (Å²) < 4.78 is 50.1. The van der Waals surface area contributed by atoms with Crippen LogP contribution in [0.5, 0.6) is 11.5 Å². The summed E-state index contributed by atoms with van der Waals surface area (Å²) in [6.07, 6.45) is -3.09. The number of hydrogen-bond donors (Lipinski definition) is 0. The number of alkyl halides is 3. The summed E-state index contributed by atoms with van der Waals surface area (Å²) in [5.41, 5.74) is -0.141. The molecule has 0 radical (unpaired) electrons.